The molecule has 2 nitrogen and oxygen atoms in total. The van der Waals surface area contributed by atoms with Crippen LogP contribution in [0.1, 0.15) is 0 Å². The van der Waals surface area contributed by atoms with Gasteiger partial charge in [-0.15, -0.1) is 0 Å². The molecule has 1 aromatic heterocycles. The minimum Gasteiger partial charge on any atom is -0.454 e. The number of benzene rings is 9. The van der Waals surface area contributed by atoms with Gasteiger partial charge in [0, 0.05) is 22.0 Å². The third-order valence-electron chi connectivity index (χ3n) is 10.5. The van der Waals surface area contributed by atoms with Crippen LogP contribution < -0.4 is 4.90 Å². The Bertz CT molecular complexity index is 2940. The van der Waals surface area contributed by atoms with Crippen molar-refractivity contribution in [1.29, 1.82) is 0 Å². The van der Waals surface area contributed by atoms with E-state index in [-0.39, 0.29) is 0 Å². The van der Waals surface area contributed by atoms with Gasteiger partial charge in [-0.2, -0.15) is 0 Å². The number of fused-ring (bicyclic) bond motifs is 4. The van der Waals surface area contributed by atoms with Crippen LogP contribution in [-0.4, -0.2) is 0 Å². The molecule has 254 valence electrons. The Kier molecular flexibility index (Phi) is 7.85. The second-order valence-corrected chi connectivity index (χ2v) is 13.7. The van der Waals surface area contributed by atoms with Gasteiger partial charge in [-0.1, -0.05) is 176 Å². The van der Waals surface area contributed by atoms with E-state index in [2.05, 4.69) is 211 Å². The second-order valence-electron chi connectivity index (χ2n) is 13.7. The molecule has 0 fully saturated rings. The first kappa shape index (κ1) is 31.6. The molecule has 0 aliphatic carbocycles. The number of anilines is 3. The van der Waals surface area contributed by atoms with E-state index in [0.717, 1.165) is 50.1 Å². The van der Waals surface area contributed by atoms with Crippen LogP contribution in [0.25, 0.3) is 77.2 Å². The van der Waals surface area contributed by atoms with Gasteiger partial charge in [0.1, 0.15) is 5.58 Å². The number of hydrogen-bond donors (Lipinski definition) is 0. The lowest BCUT2D eigenvalue weighted by Crippen LogP contribution is -2.11. The van der Waals surface area contributed by atoms with Gasteiger partial charge in [-0.25, -0.2) is 0 Å². The van der Waals surface area contributed by atoms with Crippen molar-refractivity contribution in [3.63, 3.8) is 0 Å². The topological polar surface area (TPSA) is 16.4 Å². The molecule has 0 spiro atoms. The summed E-state index contributed by atoms with van der Waals surface area (Å²) in [7, 11) is 0. The molecule has 54 heavy (non-hydrogen) atoms. The Hall–Kier alpha value is -7.16. The fourth-order valence-electron chi connectivity index (χ4n) is 7.93. The first-order chi connectivity index (χ1) is 26.8. The Morgan fingerprint density at radius 1 is 0.315 bits per heavy atom. The highest BCUT2D eigenvalue weighted by Crippen LogP contribution is 2.48. The molecule has 0 bridgehead atoms. The molecule has 0 aliphatic rings. The van der Waals surface area contributed by atoms with Crippen molar-refractivity contribution in [2.75, 3.05) is 4.90 Å². The predicted molar refractivity (Wildman–Crippen MR) is 228 cm³/mol. The zero-order valence-electron chi connectivity index (χ0n) is 29.6. The van der Waals surface area contributed by atoms with Crippen LogP contribution >= 0.6 is 0 Å². The zero-order valence-corrected chi connectivity index (χ0v) is 29.6. The Morgan fingerprint density at radius 3 is 1.74 bits per heavy atom. The van der Waals surface area contributed by atoms with Gasteiger partial charge in [-0.05, 0) is 86.1 Å². The Labute approximate surface area is 314 Å². The van der Waals surface area contributed by atoms with Gasteiger partial charge >= 0.3 is 0 Å². The van der Waals surface area contributed by atoms with Gasteiger partial charge in [0.2, 0.25) is 0 Å². The van der Waals surface area contributed by atoms with Crippen LogP contribution in [-0.2, 0) is 0 Å². The van der Waals surface area contributed by atoms with Crippen molar-refractivity contribution in [3.05, 3.63) is 212 Å². The van der Waals surface area contributed by atoms with Crippen LogP contribution in [0, 0.1) is 0 Å². The summed E-state index contributed by atoms with van der Waals surface area (Å²) in [6.07, 6.45) is 0. The normalized spacial score (nSPS) is 11.3. The van der Waals surface area contributed by atoms with Crippen molar-refractivity contribution in [3.8, 4) is 44.5 Å². The summed E-state index contributed by atoms with van der Waals surface area (Å²) >= 11 is 0. The summed E-state index contributed by atoms with van der Waals surface area (Å²) in [5.74, 6) is 0. The molecule has 0 N–H and O–H groups in total. The monoisotopic (exact) mass is 689 g/mol. The first-order valence-corrected chi connectivity index (χ1v) is 18.4. The first-order valence-electron chi connectivity index (χ1n) is 18.4. The van der Waals surface area contributed by atoms with E-state index >= 15 is 0 Å². The maximum absolute atomic E-state index is 6.71. The highest BCUT2D eigenvalue weighted by atomic mass is 16.3. The third kappa shape index (κ3) is 5.53. The minimum atomic E-state index is 0.858. The molecule has 0 saturated heterocycles. The summed E-state index contributed by atoms with van der Waals surface area (Å²) in [6, 6.07) is 75.9. The van der Waals surface area contributed by atoms with Crippen molar-refractivity contribution in [2.45, 2.75) is 0 Å². The number of furan rings is 1. The molecule has 0 atom stereocenters. The lowest BCUT2D eigenvalue weighted by Gasteiger charge is -2.29. The van der Waals surface area contributed by atoms with Gasteiger partial charge in [0.25, 0.3) is 0 Å². The maximum Gasteiger partial charge on any atom is 0.159 e. The number of rotatable bonds is 7. The van der Waals surface area contributed by atoms with E-state index in [4.69, 9.17) is 4.42 Å². The largest absolute Gasteiger partial charge is 0.454 e. The van der Waals surface area contributed by atoms with Gasteiger partial charge in [0.05, 0.1) is 11.4 Å². The molecular weight excluding hydrogens is 655 g/mol. The van der Waals surface area contributed by atoms with Gasteiger partial charge in [-0.3, -0.25) is 0 Å². The zero-order chi connectivity index (χ0) is 35.8. The third-order valence-corrected chi connectivity index (χ3v) is 10.5. The smallest absolute Gasteiger partial charge is 0.159 e. The average molecular weight is 690 g/mol. The highest BCUT2D eigenvalue weighted by Gasteiger charge is 2.24. The highest BCUT2D eigenvalue weighted by molar-refractivity contribution is 6.11. The standard InChI is InChI=1S/C52H35NO/c1-3-16-36(17-4-1)40-31-33-42(38-19-5-2-6-20-38)48(35-40)44-23-10-9-22-43(44)45-24-11-13-27-49(45)53(41-32-30-37-18-7-8-21-39(37)34-41)50-28-15-26-47-46-25-12-14-29-51(46)54-52(47)50/h1-35H. The van der Waals surface area contributed by atoms with Crippen molar-refractivity contribution < 1.29 is 4.42 Å². The summed E-state index contributed by atoms with van der Waals surface area (Å²) in [5, 5.41) is 4.59. The predicted octanol–water partition coefficient (Wildman–Crippen LogP) is 14.9. The molecule has 0 aliphatic heterocycles. The van der Waals surface area contributed by atoms with E-state index in [0.29, 0.717) is 0 Å². The molecule has 1 heterocycles. The van der Waals surface area contributed by atoms with E-state index in [1.54, 1.807) is 0 Å². The second kappa shape index (κ2) is 13.4. The minimum absolute atomic E-state index is 0.858. The fraction of sp³-hybridized carbons (Fsp3) is 0. The number of para-hydroxylation sites is 3. The number of hydrogen-bond acceptors (Lipinski definition) is 2. The maximum atomic E-state index is 6.71. The van der Waals surface area contributed by atoms with Crippen molar-refractivity contribution >= 4 is 49.8 Å². The van der Waals surface area contributed by atoms with Crippen LogP contribution in [0.4, 0.5) is 17.1 Å². The van der Waals surface area contributed by atoms with E-state index < -0.39 is 0 Å². The summed E-state index contributed by atoms with van der Waals surface area (Å²) in [4.78, 5) is 2.38. The van der Waals surface area contributed by atoms with Gasteiger partial charge < -0.3 is 9.32 Å². The van der Waals surface area contributed by atoms with Crippen molar-refractivity contribution in [1.82, 2.24) is 0 Å². The Morgan fingerprint density at radius 2 is 0.926 bits per heavy atom. The Balaban J connectivity index is 1.23. The number of nitrogens with zero attached hydrogens (tertiary/aromatic N) is 1. The molecule has 0 amide bonds. The lowest BCUT2D eigenvalue weighted by atomic mass is 9.87. The molecule has 9 aromatic carbocycles. The molecule has 0 saturated carbocycles. The fourth-order valence-corrected chi connectivity index (χ4v) is 7.93. The van der Waals surface area contributed by atoms with Crippen LogP contribution in [0.3, 0.4) is 0 Å². The van der Waals surface area contributed by atoms with Crippen LogP contribution in [0.5, 0.6) is 0 Å². The van der Waals surface area contributed by atoms with Crippen LogP contribution in [0.2, 0.25) is 0 Å². The molecule has 2 heteroatoms. The average Bonchev–Trinajstić information content (AvgIpc) is 3.64. The SMILES string of the molecule is c1ccc(-c2ccc(-c3ccccc3)c(-c3ccccc3-c3ccccc3N(c3ccc4ccccc4c3)c3cccc4c3oc3ccccc34)c2)cc1. The van der Waals surface area contributed by atoms with E-state index in [9.17, 15) is 0 Å². The molecule has 0 unspecified atom stereocenters. The molecule has 10 aromatic rings. The summed E-state index contributed by atoms with van der Waals surface area (Å²) in [6.45, 7) is 0. The molecule has 10 rings (SSSR count). The van der Waals surface area contributed by atoms with E-state index in [1.165, 1.54) is 44.2 Å². The summed E-state index contributed by atoms with van der Waals surface area (Å²) in [5.41, 5.74) is 14.2. The lowest BCUT2D eigenvalue weighted by molar-refractivity contribution is 0.669. The summed E-state index contributed by atoms with van der Waals surface area (Å²) < 4.78 is 6.71. The molecular formula is C52H35NO. The van der Waals surface area contributed by atoms with E-state index in [1.807, 2.05) is 6.07 Å². The van der Waals surface area contributed by atoms with Gasteiger partial charge in [0.15, 0.2) is 5.58 Å². The van der Waals surface area contributed by atoms with Crippen LogP contribution in [0.15, 0.2) is 217 Å². The van der Waals surface area contributed by atoms with Crippen molar-refractivity contribution in [2.24, 2.45) is 0 Å². The quantitative estimate of drug-likeness (QED) is 0.166. The molecule has 0 radical (unpaired) electrons.